The number of benzene rings is 1. The van der Waals surface area contributed by atoms with Crippen molar-refractivity contribution in [1.29, 1.82) is 0 Å². The van der Waals surface area contributed by atoms with Crippen LogP contribution < -0.4 is 11.1 Å². The maximum atomic E-state index is 12.5. The Kier molecular flexibility index (Phi) is 2.92. The zero-order valence-electron chi connectivity index (χ0n) is 13.0. The van der Waals surface area contributed by atoms with Crippen molar-refractivity contribution in [1.82, 2.24) is 10.3 Å². The van der Waals surface area contributed by atoms with Crippen LogP contribution in [0, 0.1) is 10.8 Å². The molecule has 0 bridgehead atoms. The molecule has 1 fully saturated rings. The van der Waals surface area contributed by atoms with E-state index in [4.69, 9.17) is 5.73 Å². The molecular weight excluding hydrogens is 262 g/mol. The molecule has 4 nitrogen and oxygen atoms in total. The topological polar surface area (TPSA) is 70.9 Å². The molecule has 0 unspecified atom stereocenters. The van der Waals surface area contributed by atoms with Crippen molar-refractivity contribution in [3.63, 3.8) is 0 Å². The number of nitrogens with two attached hydrogens (primary N) is 1. The van der Waals surface area contributed by atoms with E-state index in [1.54, 1.807) is 0 Å². The molecule has 0 saturated heterocycles. The first-order valence-electron chi connectivity index (χ1n) is 7.38. The van der Waals surface area contributed by atoms with E-state index in [0.717, 1.165) is 10.9 Å². The van der Waals surface area contributed by atoms with Crippen molar-refractivity contribution in [3.05, 3.63) is 36.0 Å². The number of fused-ring (bicyclic) bond motifs is 1. The number of H-pyrrole nitrogens is 1. The molecular formula is C17H23N3O. The van der Waals surface area contributed by atoms with Crippen molar-refractivity contribution in [2.75, 3.05) is 0 Å². The number of hydrogen-bond acceptors (Lipinski definition) is 2. The predicted octanol–water partition coefficient (Wildman–Crippen LogP) is 2.66. The van der Waals surface area contributed by atoms with Gasteiger partial charge in [-0.2, -0.15) is 0 Å². The van der Waals surface area contributed by atoms with E-state index in [-0.39, 0.29) is 28.8 Å². The van der Waals surface area contributed by atoms with Crippen LogP contribution in [0.1, 0.15) is 38.1 Å². The number of carbonyl (C=O) groups excluding carboxylic acids is 1. The quantitative estimate of drug-likeness (QED) is 0.794. The summed E-state index contributed by atoms with van der Waals surface area (Å²) >= 11 is 0. The second kappa shape index (κ2) is 4.34. The van der Waals surface area contributed by atoms with Gasteiger partial charge >= 0.3 is 0 Å². The van der Waals surface area contributed by atoms with E-state index < -0.39 is 0 Å². The maximum absolute atomic E-state index is 12.5. The molecule has 4 N–H and O–H groups in total. The fraction of sp³-hybridized carbons (Fsp3) is 0.471. The van der Waals surface area contributed by atoms with Gasteiger partial charge in [-0.15, -0.1) is 0 Å². The lowest BCUT2D eigenvalue weighted by Gasteiger charge is -2.62. The summed E-state index contributed by atoms with van der Waals surface area (Å²) in [6.07, 6.45) is 1.88. The summed E-state index contributed by atoms with van der Waals surface area (Å²) in [5.41, 5.74) is 7.80. The van der Waals surface area contributed by atoms with Crippen LogP contribution in [0.25, 0.3) is 10.9 Å². The number of carbonyl (C=O) groups is 1. The summed E-state index contributed by atoms with van der Waals surface area (Å²) in [7, 11) is 0. The summed E-state index contributed by atoms with van der Waals surface area (Å²) in [5.74, 6) is -0.0313. The molecule has 1 amide bonds. The Balaban J connectivity index is 1.83. The number of aromatic nitrogens is 1. The van der Waals surface area contributed by atoms with Crippen LogP contribution in [-0.2, 0) is 0 Å². The normalized spacial score (nSPS) is 26.3. The van der Waals surface area contributed by atoms with Crippen LogP contribution in [0.15, 0.2) is 30.5 Å². The summed E-state index contributed by atoms with van der Waals surface area (Å²) in [4.78, 5) is 15.7. The summed E-state index contributed by atoms with van der Waals surface area (Å²) in [5, 5.41) is 4.22. The molecule has 112 valence electrons. The third-order valence-corrected chi connectivity index (χ3v) is 5.18. The number of nitrogens with one attached hydrogen (secondary N) is 2. The van der Waals surface area contributed by atoms with E-state index in [2.05, 4.69) is 38.0 Å². The van der Waals surface area contributed by atoms with Gasteiger partial charge in [0.2, 0.25) is 0 Å². The highest BCUT2D eigenvalue weighted by Gasteiger charge is 2.60. The van der Waals surface area contributed by atoms with Gasteiger partial charge < -0.3 is 16.0 Å². The average Bonchev–Trinajstić information content (AvgIpc) is 2.90. The number of amides is 1. The van der Waals surface area contributed by atoms with Crippen LogP contribution in [0.3, 0.4) is 0 Å². The molecule has 1 saturated carbocycles. The molecule has 3 rings (SSSR count). The molecule has 21 heavy (non-hydrogen) atoms. The first-order valence-corrected chi connectivity index (χ1v) is 7.38. The Bertz CT molecular complexity index is 683. The van der Waals surface area contributed by atoms with Crippen molar-refractivity contribution in [2.45, 2.75) is 39.8 Å². The predicted molar refractivity (Wildman–Crippen MR) is 85.1 cm³/mol. The Hall–Kier alpha value is -1.81. The van der Waals surface area contributed by atoms with Gasteiger partial charge in [0.25, 0.3) is 5.91 Å². The van der Waals surface area contributed by atoms with Crippen molar-refractivity contribution in [2.24, 2.45) is 16.6 Å². The molecule has 1 aromatic carbocycles. The molecule has 1 heterocycles. The molecule has 1 aliphatic rings. The Morgan fingerprint density at radius 1 is 1.19 bits per heavy atom. The van der Waals surface area contributed by atoms with Gasteiger partial charge in [0, 0.05) is 45.6 Å². The first-order chi connectivity index (χ1) is 9.74. The zero-order valence-corrected chi connectivity index (χ0v) is 13.0. The van der Waals surface area contributed by atoms with Gasteiger partial charge in [-0.1, -0.05) is 27.7 Å². The highest BCUT2D eigenvalue weighted by atomic mass is 16.1. The molecule has 0 radical (unpaired) electrons. The minimum Gasteiger partial charge on any atom is -0.361 e. The molecule has 1 aliphatic carbocycles. The van der Waals surface area contributed by atoms with Crippen LogP contribution in [0.2, 0.25) is 0 Å². The number of aromatic amines is 1. The van der Waals surface area contributed by atoms with Crippen LogP contribution in [0.4, 0.5) is 0 Å². The Labute approximate surface area is 125 Å². The molecule has 2 aromatic rings. The largest absolute Gasteiger partial charge is 0.361 e. The number of rotatable bonds is 2. The van der Waals surface area contributed by atoms with Gasteiger partial charge in [-0.05, 0) is 24.3 Å². The van der Waals surface area contributed by atoms with Crippen molar-refractivity contribution >= 4 is 16.8 Å². The molecule has 0 spiro atoms. The van der Waals surface area contributed by atoms with Crippen LogP contribution in [-0.4, -0.2) is 23.0 Å². The van der Waals surface area contributed by atoms with E-state index in [1.165, 1.54) is 0 Å². The van der Waals surface area contributed by atoms with Gasteiger partial charge in [0.15, 0.2) is 0 Å². The first kappa shape index (κ1) is 14.1. The van der Waals surface area contributed by atoms with Crippen LogP contribution in [0.5, 0.6) is 0 Å². The fourth-order valence-corrected chi connectivity index (χ4v) is 3.96. The van der Waals surface area contributed by atoms with E-state index in [0.29, 0.717) is 5.56 Å². The van der Waals surface area contributed by atoms with Gasteiger partial charge in [-0.3, -0.25) is 4.79 Å². The lowest BCUT2D eigenvalue weighted by molar-refractivity contribution is -0.0663. The second-order valence-corrected chi connectivity index (χ2v) is 7.31. The third kappa shape index (κ3) is 1.97. The summed E-state index contributed by atoms with van der Waals surface area (Å²) < 4.78 is 0. The van der Waals surface area contributed by atoms with Crippen molar-refractivity contribution < 1.29 is 4.79 Å². The molecule has 0 atom stereocenters. The standard InChI is InChI=1S/C17H23N3O/c1-16(2)14(18)17(3,4)15(16)20-13(21)11-5-6-12-10(9-11)7-8-19-12/h5-9,14-15,19H,18H2,1-4H3,(H,20,21). The van der Waals surface area contributed by atoms with Crippen LogP contribution >= 0.6 is 0 Å². The number of hydrogen-bond donors (Lipinski definition) is 3. The van der Waals surface area contributed by atoms with Gasteiger partial charge in [0.05, 0.1) is 0 Å². The average molecular weight is 285 g/mol. The highest BCUT2D eigenvalue weighted by molar-refractivity contribution is 5.98. The SMILES string of the molecule is CC1(C)C(N)C(C)(C)C1NC(=O)c1ccc2[nH]ccc2c1. The van der Waals surface area contributed by atoms with Gasteiger partial charge in [-0.25, -0.2) is 0 Å². The Morgan fingerprint density at radius 3 is 2.52 bits per heavy atom. The highest BCUT2D eigenvalue weighted by Crippen LogP contribution is 2.52. The lowest BCUT2D eigenvalue weighted by atomic mass is 9.48. The Morgan fingerprint density at radius 2 is 1.86 bits per heavy atom. The van der Waals surface area contributed by atoms with E-state index in [9.17, 15) is 4.79 Å². The minimum absolute atomic E-state index is 0.0313. The lowest BCUT2D eigenvalue weighted by Crippen LogP contribution is -2.76. The maximum Gasteiger partial charge on any atom is 0.251 e. The fourth-order valence-electron chi connectivity index (χ4n) is 3.96. The van der Waals surface area contributed by atoms with Gasteiger partial charge in [0.1, 0.15) is 0 Å². The molecule has 4 heteroatoms. The smallest absolute Gasteiger partial charge is 0.251 e. The summed E-state index contributed by atoms with van der Waals surface area (Å²) in [6.45, 7) is 8.46. The minimum atomic E-state index is -0.0860. The zero-order chi connectivity index (χ0) is 15.4. The molecule has 1 aromatic heterocycles. The van der Waals surface area contributed by atoms with E-state index in [1.807, 2.05) is 30.5 Å². The molecule has 0 aliphatic heterocycles. The third-order valence-electron chi connectivity index (χ3n) is 5.18. The van der Waals surface area contributed by atoms with E-state index >= 15 is 0 Å². The van der Waals surface area contributed by atoms with Crippen molar-refractivity contribution in [3.8, 4) is 0 Å². The second-order valence-electron chi connectivity index (χ2n) is 7.31. The monoisotopic (exact) mass is 285 g/mol. The summed E-state index contributed by atoms with van der Waals surface area (Å²) in [6, 6.07) is 7.84.